The second-order valence-electron chi connectivity index (χ2n) is 4.11. The molecule has 0 radical (unpaired) electrons. The van der Waals surface area contributed by atoms with Crippen molar-refractivity contribution in [3.05, 3.63) is 17.5 Å². The minimum Gasteiger partial charge on any atom is -0.387 e. The zero-order valence-corrected chi connectivity index (χ0v) is 9.23. The Morgan fingerprint density at radius 3 is 2.43 bits per heavy atom. The van der Waals surface area contributed by atoms with Gasteiger partial charge in [-0.05, 0) is 12.8 Å². The molecule has 1 rings (SSSR count). The summed E-state index contributed by atoms with van der Waals surface area (Å²) in [5, 5.41) is 14.2. The largest absolute Gasteiger partial charge is 0.387 e. The zero-order valence-electron chi connectivity index (χ0n) is 9.23. The van der Waals surface area contributed by atoms with E-state index in [1.165, 1.54) is 0 Å². The predicted molar refractivity (Wildman–Crippen MR) is 55.7 cm³/mol. The first-order chi connectivity index (χ1) is 6.43. The van der Waals surface area contributed by atoms with E-state index in [0.29, 0.717) is 0 Å². The second kappa shape index (κ2) is 4.11. The summed E-state index contributed by atoms with van der Waals surface area (Å²) >= 11 is 0. The van der Waals surface area contributed by atoms with Crippen molar-refractivity contribution in [2.75, 3.05) is 0 Å². The number of aliphatic hydroxyl groups excluding tert-OH is 1. The SMILES string of the molecule is Cc1nn(C)cc1C(O)C(N)C(C)C. The van der Waals surface area contributed by atoms with Crippen LogP contribution in [0.1, 0.15) is 31.2 Å². The molecule has 0 aliphatic rings. The first-order valence-electron chi connectivity index (χ1n) is 4.87. The normalized spacial score (nSPS) is 15.9. The number of aryl methyl sites for hydroxylation is 2. The van der Waals surface area contributed by atoms with E-state index in [4.69, 9.17) is 5.73 Å². The number of aliphatic hydroxyl groups is 1. The van der Waals surface area contributed by atoms with Gasteiger partial charge in [0.2, 0.25) is 0 Å². The molecule has 1 aromatic rings. The van der Waals surface area contributed by atoms with Gasteiger partial charge in [-0.25, -0.2) is 0 Å². The van der Waals surface area contributed by atoms with Crippen LogP contribution in [0.25, 0.3) is 0 Å². The Hall–Kier alpha value is -0.870. The van der Waals surface area contributed by atoms with E-state index in [9.17, 15) is 5.11 Å². The van der Waals surface area contributed by atoms with Crippen molar-refractivity contribution in [1.82, 2.24) is 9.78 Å². The first kappa shape index (κ1) is 11.2. The number of aromatic nitrogens is 2. The van der Waals surface area contributed by atoms with E-state index in [0.717, 1.165) is 11.3 Å². The molecule has 0 saturated carbocycles. The first-order valence-corrected chi connectivity index (χ1v) is 4.87. The summed E-state index contributed by atoms with van der Waals surface area (Å²) in [6.07, 6.45) is 1.20. The van der Waals surface area contributed by atoms with Gasteiger partial charge >= 0.3 is 0 Å². The Kier molecular flexibility index (Phi) is 3.29. The van der Waals surface area contributed by atoms with Crippen molar-refractivity contribution < 1.29 is 5.11 Å². The molecule has 4 heteroatoms. The van der Waals surface area contributed by atoms with Crippen LogP contribution in [0.15, 0.2) is 6.20 Å². The molecule has 14 heavy (non-hydrogen) atoms. The molecule has 4 nitrogen and oxygen atoms in total. The van der Waals surface area contributed by atoms with Gasteiger partial charge in [0.05, 0.1) is 11.8 Å². The molecule has 0 aromatic carbocycles. The summed E-state index contributed by atoms with van der Waals surface area (Å²) in [5.74, 6) is 0.254. The Balaban J connectivity index is 2.88. The Labute approximate surface area is 84.7 Å². The van der Waals surface area contributed by atoms with Gasteiger partial charge in [-0.1, -0.05) is 13.8 Å². The van der Waals surface area contributed by atoms with Crippen LogP contribution in [-0.4, -0.2) is 20.9 Å². The number of nitrogens with two attached hydrogens (primary N) is 1. The van der Waals surface area contributed by atoms with Gasteiger partial charge in [0.15, 0.2) is 0 Å². The summed E-state index contributed by atoms with van der Waals surface area (Å²) in [6, 6.07) is -0.238. The fraction of sp³-hybridized carbons (Fsp3) is 0.700. The minimum absolute atomic E-state index is 0.238. The molecular weight excluding hydrogens is 178 g/mol. The van der Waals surface area contributed by atoms with E-state index in [-0.39, 0.29) is 12.0 Å². The standard InChI is InChI=1S/C10H19N3O/c1-6(2)9(11)10(14)8-5-13(4)12-7(8)3/h5-6,9-10,14H,11H2,1-4H3. The second-order valence-corrected chi connectivity index (χ2v) is 4.11. The molecule has 2 unspecified atom stereocenters. The van der Waals surface area contributed by atoms with Gasteiger partial charge in [0, 0.05) is 24.8 Å². The highest BCUT2D eigenvalue weighted by Gasteiger charge is 2.22. The molecule has 80 valence electrons. The average Bonchev–Trinajstić information content (AvgIpc) is 2.42. The molecule has 0 saturated heterocycles. The van der Waals surface area contributed by atoms with Crippen LogP contribution in [0.2, 0.25) is 0 Å². The van der Waals surface area contributed by atoms with Crippen LogP contribution in [0.4, 0.5) is 0 Å². The highest BCUT2D eigenvalue weighted by atomic mass is 16.3. The molecule has 2 atom stereocenters. The lowest BCUT2D eigenvalue weighted by Crippen LogP contribution is -2.33. The molecule has 0 aliphatic carbocycles. The van der Waals surface area contributed by atoms with Crippen molar-refractivity contribution in [2.24, 2.45) is 18.7 Å². The van der Waals surface area contributed by atoms with E-state index in [1.54, 1.807) is 4.68 Å². The number of hydrogen-bond acceptors (Lipinski definition) is 3. The summed E-state index contributed by atoms with van der Waals surface area (Å²) in [7, 11) is 1.84. The maximum absolute atomic E-state index is 9.98. The van der Waals surface area contributed by atoms with Crippen LogP contribution in [0.5, 0.6) is 0 Å². The van der Waals surface area contributed by atoms with Gasteiger partial charge in [0.25, 0.3) is 0 Å². The van der Waals surface area contributed by atoms with Crippen molar-refractivity contribution in [3.63, 3.8) is 0 Å². The van der Waals surface area contributed by atoms with Crippen LogP contribution in [0.3, 0.4) is 0 Å². The van der Waals surface area contributed by atoms with Crippen molar-refractivity contribution in [3.8, 4) is 0 Å². The zero-order chi connectivity index (χ0) is 10.9. The molecule has 3 N–H and O–H groups in total. The molecule has 0 fully saturated rings. The lowest BCUT2D eigenvalue weighted by Gasteiger charge is -2.21. The highest BCUT2D eigenvalue weighted by molar-refractivity contribution is 5.20. The number of nitrogens with zero attached hydrogens (tertiary/aromatic N) is 2. The third-order valence-electron chi connectivity index (χ3n) is 2.50. The summed E-state index contributed by atoms with van der Waals surface area (Å²) in [6.45, 7) is 5.88. The highest BCUT2D eigenvalue weighted by Crippen LogP contribution is 2.22. The van der Waals surface area contributed by atoms with Crippen LogP contribution >= 0.6 is 0 Å². The van der Waals surface area contributed by atoms with E-state index >= 15 is 0 Å². The Morgan fingerprint density at radius 1 is 1.50 bits per heavy atom. The lowest BCUT2D eigenvalue weighted by molar-refractivity contribution is 0.125. The van der Waals surface area contributed by atoms with Crippen molar-refractivity contribution in [2.45, 2.75) is 32.9 Å². The fourth-order valence-corrected chi connectivity index (χ4v) is 1.48. The van der Waals surface area contributed by atoms with E-state index < -0.39 is 6.10 Å². The molecule has 0 aliphatic heterocycles. The van der Waals surface area contributed by atoms with Gasteiger partial charge in [-0.3, -0.25) is 4.68 Å². The maximum Gasteiger partial charge on any atom is 0.0976 e. The van der Waals surface area contributed by atoms with E-state index in [1.807, 2.05) is 34.0 Å². The molecule has 0 spiro atoms. The van der Waals surface area contributed by atoms with Crippen LogP contribution < -0.4 is 5.73 Å². The topological polar surface area (TPSA) is 64.1 Å². The fourth-order valence-electron chi connectivity index (χ4n) is 1.48. The van der Waals surface area contributed by atoms with Gasteiger partial charge < -0.3 is 10.8 Å². The van der Waals surface area contributed by atoms with Crippen LogP contribution in [0, 0.1) is 12.8 Å². The van der Waals surface area contributed by atoms with Crippen LogP contribution in [-0.2, 0) is 7.05 Å². The quantitative estimate of drug-likeness (QED) is 0.751. The monoisotopic (exact) mass is 197 g/mol. The van der Waals surface area contributed by atoms with Gasteiger partial charge in [-0.15, -0.1) is 0 Å². The Bertz CT molecular complexity index is 306. The minimum atomic E-state index is -0.622. The lowest BCUT2D eigenvalue weighted by atomic mass is 9.95. The number of rotatable bonds is 3. The molecule has 1 aromatic heterocycles. The average molecular weight is 197 g/mol. The molecular formula is C10H19N3O. The molecule has 1 heterocycles. The Morgan fingerprint density at radius 2 is 2.07 bits per heavy atom. The van der Waals surface area contributed by atoms with Gasteiger partial charge in [-0.2, -0.15) is 5.10 Å². The maximum atomic E-state index is 9.98. The van der Waals surface area contributed by atoms with E-state index in [2.05, 4.69) is 5.10 Å². The van der Waals surface area contributed by atoms with Gasteiger partial charge in [0.1, 0.15) is 0 Å². The van der Waals surface area contributed by atoms with Crippen molar-refractivity contribution in [1.29, 1.82) is 0 Å². The number of hydrogen-bond donors (Lipinski definition) is 2. The summed E-state index contributed by atoms with van der Waals surface area (Å²) in [4.78, 5) is 0. The smallest absolute Gasteiger partial charge is 0.0976 e. The molecule has 0 amide bonds. The third-order valence-corrected chi connectivity index (χ3v) is 2.50. The summed E-state index contributed by atoms with van der Waals surface area (Å²) < 4.78 is 1.70. The summed E-state index contributed by atoms with van der Waals surface area (Å²) in [5.41, 5.74) is 7.55. The van der Waals surface area contributed by atoms with Crippen molar-refractivity contribution >= 4 is 0 Å². The third kappa shape index (κ3) is 2.13. The predicted octanol–water partition coefficient (Wildman–Crippen LogP) is 0.745. The molecule has 0 bridgehead atoms.